The molecule has 1 aromatic rings. The third kappa shape index (κ3) is 2.49. The zero-order valence-corrected chi connectivity index (χ0v) is 11.0. The molecule has 9 heteroatoms. The molecule has 0 bridgehead atoms. The highest BCUT2D eigenvalue weighted by molar-refractivity contribution is 5.69. The van der Waals surface area contributed by atoms with Gasteiger partial charge in [0.1, 0.15) is 6.33 Å². The van der Waals surface area contributed by atoms with Gasteiger partial charge < -0.3 is 10.7 Å². The van der Waals surface area contributed by atoms with E-state index in [1.54, 1.807) is 0 Å². The minimum absolute atomic E-state index is 0.0181. The Morgan fingerprint density at radius 2 is 2.10 bits per heavy atom. The average molecular weight is 279 g/mol. The molecule has 9 nitrogen and oxygen atoms in total. The summed E-state index contributed by atoms with van der Waals surface area (Å²) >= 11 is 0. The number of likely N-dealkylation sites (tertiary alicyclic amines) is 1. The Morgan fingerprint density at radius 3 is 2.75 bits per heavy atom. The minimum Gasteiger partial charge on any atom is -0.360 e. The molecule has 1 aliphatic heterocycles. The van der Waals surface area contributed by atoms with E-state index in [0.717, 1.165) is 19.5 Å². The van der Waals surface area contributed by atoms with Crippen LogP contribution in [0.15, 0.2) is 6.33 Å². The smallest absolute Gasteiger partial charge is 0.354 e. The Labute approximate surface area is 115 Å². The summed E-state index contributed by atoms with van der Waals surface area (Å²) in [5, 5.41) is 14.3. The lowest BCUT2D eigenvalue weighted by molar-refractivity contribution is -0.383. The first-order valence-electron chi connectivity index (χ1n) is 6.65. The predicted octanol–water partition coefficient (Wildman–Crippen LogP) is 0.319. The topological polar surface area (TPSA) is 122 Å². The van der Waals surface area contributed by atoms with Crippen LogP contribution in [0.25, 0.3) is 0 Å². The van der Waals surface area contributed by atoms with Crippen LogP contribution in [0, 0.1) is 10.1 Å². The first-order chi connectivity index (χ1) is 9.69. The van der Waals surface area contributed by atoms with E-state index in [9.17, 15) is 10.1 Å². The van der Waals surface area contributed by atoms with Gasteiger partial charge in [0.15, 0.2) is 0 Å². The van der Waals surface area contributed by atoms with Crippen molar-refractivity contribution in [1.29, 1.82) is 0 Å². The van der Waals surface area contributed by atoms with Gasteiger partial charge in [-0.15, -0.1) is 0 Å². The van der Waals surface area contributed by atoms with Crippen LogP contribution in [0.2, 0.25) is 0 Å². The first-order valence-corrected chi connectivity index (χ1v) is 6.65. The summed E-state index contributed by atoms with van der Waals surface area (Å²) in [5.41, 5.74) is 2.03. The second-order valence-corrected chi connectivity index (χ2v) is 5.18. The molecule has 108 valence electrons. The Balaban J connectivity index is 1.75. The summed E-state index contributed by atoms with van der Waals surface area (Å²) in [7, 11) is 0. The van der Waals surface area contributed by atoms with Crippen molar-refractivity contribution < 1.29 is 4.92 Å². The van der Waals surface area contributed by atoms with E-state index in [2.05, 4.69) is 25.6 Å². The van der Waals surface area contributed by atoms with Crippen LogP contribution in [0.5, 0.6) is 0 Å². The third-order valence-electron chi connectivity index (χ3n) is 3.77. The minimum atomic E-state index is -0.523. The normalized spacial score (nSPS) is 22.8. The van der Waals surface area contributed by atoms with Crippen molar-refractivity contribution in [2.45, 2.75) is 31.3 Å². The van der Waals surface area contributed by atoms with Gasteiger partial charge in [-0.2, -0.15) is 0 Å². The molecule has 2 fully saturated rings. The van der Waals surface area contributed by atoms with Crippen LogP contribution < -0.4 is 16.6 Å². The lowest BCUT2D eigenvalue weighted by atomic mass is 10.2. The number of aromatic nitrogens is 2. The molecule has 0 radical (unpaired) electrons. The van der Waals surface area contributed by atoms with Gasteiger partial charge in [0.2, 0.25) is 11.6 Å². The number of nitro groups is 1. The van der Waals surface area contributed by atoms with Crippen molar-refractivity contribution in [2.75, 3.05) is 23.8 Å². The number of nitrogen functional groups attached to an aromatic ring is 1. The van der Waals surface area contributed by atoms with Gasteiger partial charge in [-0.3, -0.25) is 15.0 Å². The zero-order chi connectivity index (χ0) is 14.1. The molecule has 0 amide bonds. The Morgan fingerprint density at radius 1 is 1.35 bits per heavy atom. The Bertz CT molecular complexity index is 519. The van der Waals surface area contributed by atoms with E-state index in [-0.39, 0.29) is 23.4 Å². The molecule has 2 heterocycles. The fourth-order valence-corrected chi connectivity index (χ4v) is 2.63. The number of anilines is 2. The molecule has 3 rings (SSSR count). The lowest BCUT2D eigenvalue weighted by Crippen LogP contribution is -2.28. The molecule has 2 aliphatic rings. The van der Waals surface area contributed by atoms with Crippen LogP contribution in [-0.2, 0) is 0 Å². The number of nitrogens with zero attached hydrogens (tertiary/aromatic N) is 4. The lowest BCUT2D eigenvalue weighted by Gasteiger charge is -2.16. The molecular formula is C11H17N7O2. The second kappa shape index (κ2) is 5.17. The molecule has 4 N–H and O–H groups in total. The number of hydrogen-bond acceptors (Lipinski definition) is 8. The monoisotopic (exact) mass is 279 g/mol. The summed E-state index contributed by atoms with van der Waals surface area (Å²) in [6, 6.07) is 0.887. The average Bonchev–Trinajstić information content (AvgIpc) is 3.19. The van der Waals surface area contributed by atoms with Gasteiger partial charge in [-0.05, 0) is 19.3 Å². The van der Waals surface area contributed by atoms with Crippen LogP contribution in [-0.4, -0.2) is 45.0 Å². The summed E-state index contributed by atoms with van der Waals surface area (Å²) in [6.07, 6.45) is 4.75. The number of hydrazine groups is 1. The van der Waals surface area contributed by atoms with Gasteiger partial charge in [-0.1, -0.05) is 0 Å². The molecule has 1 unspecified atom stereocenters. The van der Waals surface area contributed by atoms with E-state index >= 15 is 0 Å². The van der Waals surface area contributed by atoms with Crippen LogP contribution in [0.1, 0.15) is 19.3 Å². The maximum Gasteiger partial charge on any atom is 0.354 e. The van der Waals surface area contributed by atoms with Gasteiger partial charge in [0, 0.05) is 25.2 Å². The maximum absolute atomic E-state index is 11.1. The van der Waals surface area contributed by atoms with Crippen LogP contribution in [0.3, 0.4) is 0 Å². The second-order valence-electron chi connectivity index (χ2n) is 5.18. The molecule has 1 saturated carbocycles. The van der Waals surface area contributed by atoms with Gasteiger partial charge in [0.05, 0.1) is 4.92 Å². The molecule has 20 heavy (non-hydrogen) atoms. The van der Waals surface area contributed by atoms with Gasteiger partial charge >= 0.3 is 5.69 Å². The Kier molecular flexibility index (Phi) is 3.36. The van der Waals surface area contributed by atoms with Gasteiger partial charge in [-0.25, -0.2) is 15.8 Å². The highest BCUT2D eigenvalue weighted by Crippen LogP contribution is 2.32. The van der Waals surface area contributed by atoms with E-state index in [0.29, 0.717) is 6.04 Å². The molecule has 0 aromatic carbocycles. The van der Waals surface area contributed by atoms with Crippen molar-refractivity contribution in [3.8, 4) is 0 Å². The Hall–Kier alpha value is -2.00. The molecule has 1 aromatic heterocycles. The fraction of sp³-hybridized carbons (Fsp3) is 0.636. The zero-order valence-electron chi connectivity index (χ0n) is 11.0. The van der Waals surface area contributed by atoms with E-state index in [1.807, 2.05) is 0 Å². The fourth-order valence-electron chi connectivity index (χ4n) is 2.63. The standard InChI is InChI=1S/C11H17N7O2/c12-16-11-9(18(19)20)10(13-6-14-11)15-7-3-4-17(5-7)8-1-2-8/h6-8H,1-5,12H2,(H2,13,14,15,16). The molecule has 1 atom stereocenters. The highest BCUT2D eigenvalue weighted by atomic mass is 16.6. The van der Waals surface area contributed by atoms with Crippen LogP contribution >= 0.6 is 0 Å². The van der Waals surface area contributed by atoms with Crippen molar-refractivity contribution >= 4 is 17.3 Å². The highest BCUT2D eigenvalue weighted by Gasteiger charge is 2.35. The van der Waals surface area contributed by atoms with E-state index < -0.39 is 4.92 Å². The largest absolute Gasteiger partial charge is 0.360 e. The summed E-state index contributed by atoms with van der Waals surface area (Å²) in [6.45, 7) is 1.93. The number of nitrogens with two attached hydrogens (primary N) is 1. The SMILES string of the molecule is NNc1ncnc(NC2CCN(C3CC3)C2)c1[N+](=O)[O-]. The first kappa shape index (κ1) is 13.0. The van der Waals surface area contributed by atoms with E-state index in [1.165, 1.54) is 19.2 Å². The summed E-state index contributed by atoms with van der Waals surface area (Å²) < 4.78 is 0. The van der Waals surface area contributed by atoms with Crippen molar-refractivity contribution in [1.82, 2.24) is 14.9 Å². The maximum atomic E-state index is 11.1. The van der Waals surface area contributed by atoms with Gasteiger partial charge in [0.25, 0.3) is 0 Å². The van der Waals surface area contributed by atoms with Crippen molar-refractivity contribution in [3.63, 3.8) is 0 Å². The van der Waals surface area contributed by atoms with Crippen molar-refractivity contribution in [3.05, 3.63) is 16.4 Å². The van der Waals surface area contributed by atoms with Crippen molar-refractivity contribution in [2.24, 2.45) is 5.84 Å². The van der Waals surface area contributed by atoms with E-state index in [4.69, 9.17) is 5.84 Å². The molecule has 1 saturated heterocycles. The molecule has 1 aliphatic carbocycles. The summed E-state index contributed by atoms with van der Waals surface area (Å²) in [5.74, 6) is 5.50. The quantitative estimate of drug-likeness (QED) is 0.400. The number of nitrogens with one attached hydrogen (secondary N) is 2. The number of rotatable bonds is 5. The molecule has 0 spiro atoms. The predicted molar refractivity (Wildman–Crippen MR) is 73.1 cm³/mol. The third-order valence-corrected chi connectivity index (χ3v) is 3.77. The number of hydrogen-bond donors (Lipinski definition) is 3. The molecular weight excluding hydrogens is 262 g/mol. The van der Waals surface area contributed by atoms with Crippen LogP contribution in [0.4, 0.5) is 17.3 Å². The summed E-state index contributed by atoms with van der Waals surface area (Å²) in [4.78, 5) is 20.8.